The van der Waals surface area contributed by atoms with Gasteiger partial charge in [-0.2, -0.15) is 0 Å². The van der Waals surface area contributed by atoms with Gasteiger partial charge in [0.25, 0.3) is 5.91 Å². The van der Waals surface area contributed by atoms with E-state index in [1.54, 1.807) is 36.4 Å². The molecular weight excluding hydrogens is 472 g/mol. The highest BCUT2D eigenvalue weighted by Gasteiger charge is 2.60. The zero-order valence-corrected chi connectivity index (χ0v) is 21.1. The molecule has 2 aliphatic heterocycles. The van der Waals surface area contributed by atoms with E-state index in [1.165, 1.54) is 4.90 Å². The summed E-state index contributed by atoms with van der Waals surface area (Å²) in [6.07, 6.45) is -0.0843. The molecule has 5 rings (SSSR count). The number of fused-ring (bicyclic) bond motifs is 1. The van der Waals surface area contributed by atoms with Crippen molar-refractivity contribution >= 4 is 23.2 Å². The first-order chi connectivity index (χ1) is 18.1. The number of amides is 2. The molecule has 8 heteroatoms. The fraction of sp³-hybridized carbons (Fsp3) is 0.310. The third kappa shape index (κ3) is 4.49. The molecule has 8 nitrogen and oxygen atoms in total. The predicted molar refractivity (Wildman–Crippen MR) is 139 cm³/mol. The van der Waals surface area contributed by atoms with E-state index >= 15 is 0 Å². The molecular formula is C29H30N2O6. The van der Waals surface area contributed by atoms with Gasteiger partial charge < -0.3 is 14.2 Å². The van der Waals surface area contributed by atoms with Crippen LogP contribution in [0.4, 0.5) is 11.4 Å². The maximum Gasteiger partial charge on any atom is 0.266 e. The third-order valence-corrected chi connectivity index (χ3v) is 6.53. The van der Waals surface area contributed by atoms with Crippen molar-refractivity contribution in [2.75, 3.05) is 30.3 Å². The lowest BCUT2D eigenvalue weighted by Crippen LogP contribution is -2.37. The van der Waals surface area contributed by atoms with Gasteiger partial charge in [-0.3, -0.25) is 14.4 Å². The van der Waals surface area contributed by atoms with Crippen LogP contribution in [-0.4, -0.2) is 38.2 Å². The number of carbonyl (C=O) groups excluding carboxylic acids is 2. The van der Waals surface area contributed by atoms with Crippen LogP contribution in [0.1, 0.15) is 31.9 Å². The Kier molecular flexibility index (Phi) is 7.01. The maximum atomic E-state index is 13.8. The number of carbonyl (C=O) groups is 2. The molecule has 3 aromatic rings. The van der Waals surface area contributed by atoms with Crippen LogP contribution < -0.4 is 24.2 Å². The number of rotatable bonds is 9. The van der Waals surface area contributed by atoms with Crippen molar-refractivity contribution in [2.45, 2.75) is 32.4 Å². The molecule has 2 fully saturated rings. The Hall–Kier alpha value is -4.04. The van der Waals surface area contributed by atoms with E-state index in [1.807, 2.05) is 62.4 Å². The highest BCUT2D eigenvalue weighted by Crippen LogP contribution is 2.48. The average molecular weight is 503 g/mol. The summed E-state index contributed by atoms with van der Waals surface area (Å²) in [5.41, 5.74) is 2.03. The van der Waals surface area contributed by atoms with Gasteiger partial charge in [-0.15, -0.1) is 0 Å². The van der Waals surface area contributed by atoms with Gasteiger partial charge in [0.2, 0.25) is 5.91 Å². The van der Waals surface area contributed by atoms with Gasteiger partial charge in [-0.05, 0) is 67.4 Å². The summed E-state index contributed by atoms with van der Waals surface area (Å²) in [5, 5.41) is 1.67. The number of nitrogens with zero attached hydrogens (tertiary/aromatic N) is 2. The number of hydrogen-bond acceptors (Lipinski definition) is 7. The molecule has 3 aromatic carbocycles. The van der Waals surface area contributed by atoms with E-state index in [9.17, 15) is 9.59 Å². The molecule has 2 heterocycles. The first-order valence-corrected chi connectivity index (χ1v) is 12.5. The number of methoxy groups -OCH3 is 1. The van der Waals surface area contributed by atoms with Gasteiger partial charge in [-0.25, -0.2) is 9.96 Å². The zero-order valence-electron chi connectivity index (χ0n) is 21.1. The van der Waals surface area contributed by atoms with Crippen LogP contribution in [0.5, 0.6) is 17.2 Å². The first-order valence-electron chi connectivity index (χ1n) is 12.5. The Bertz CT molecular complexity index is 1260. The van der Waals surface area contributed by atoms with Crippen molar-refractivity contribution in [3.63, 3.8) is 0 Å². The third-order valence-electron chi connectivity index (χ3n) is 6.53. The summed E-state index contributed by atoms with van der Waals surface area (Å²) in [5.74, 6) is 0.425. The Morgan fingerprint density at radius 2 is 1.59 bits per heavy atom. The molecule has 37 heavy (non-hydrogen) atoms. The molecule has 0 spiro atoms. The van der Waals surface area contributed by atoms with Crippen molar-refractivity contribution in [3.05, 3.63) is 78.4 Å². The summed E-state index contributed by atoms with van der Waals surface area (Å²) in [4.78, 5) is 34.8. The summed E-state index contributed by atoms with van der Waals surface area (Å²) in [6, 6.07) is 21.4. The molecule has 0 radical (unpaired) electrons. The molecule has 192 valence electrons. The molecule has 2 amide bonds. The highest BCUT2D eigenvalue weighted by molar-refractivity contribution is 6.23. The Morgan fingerprint density at radius 1 is 0.838 bits per heavy atom. The molecule has 0 unspecified atom stereocenters. The Morgan fingerprint density at radius 3 is 2.27 bits per heavy atom. The van der Waals surface area contributed by atoms with Crippen molar-refractivity contribution in [1.82, 2.24) is 0 Å². The lowest BCUT2D eigenvalue weighted by molar-refractivity contribution is -0.126. The van der Waals surface area contributed by atoms with Gasteiger partial charge >= 0.3 is 0 Å². The summed E-state index contributed by atoms with van der Waals surface area (Å²) in [6.45, 7) is 4.98. The van der Waals surface area contributed by atoms with E-state index in [4.69, 9.17) is 19.0 Å². The number of hydroxylamine groups is 1. The Balaban J connectivity index is 1.56. The predicted octanol–water partition coefficient (Wildman–Crippen LogP) is 4.93. The largest absolute Gasteiger partial charge is 0.497 e. The number of anilines is 2. The minimum absolute atomic E-state index is 0.312. The molecule has 3 atom stereocenters. The minimum Gasteiger partial charge on any atom is -0.497 e. The number of para-hydroxylation sites is 1. The number of benzene rings is 3. The van der Waals surface area contributed by atoms with Gasteiger partial charge in [0.05, 0.1) is 37.7 Å². The van der Waals surface area contributed by atoms with Crippen molar-refractivity contribution in [2.24, 2.45) is 5.92 Å². The second-order valence-electron chi connectivity index (χ2n) is 8.86. The SMILES string of the molecule is CCCOc1ccc([C@@H]2[C@@H]3C(=O)N(c4ccc(OC)cc4)C(=O)[C@@H]3ON2c2ccccc2)cc1OCC. The minimum atomic E-state index is -0.952. The van der Waals surface area contributed by atoms with Crippen molar-refractivity contribution < 1.29 is 28.6 Å². The standard InChI is InChI=1S/C29H30N2O6/c1-4-17-36-23-16-11-19(18-24(23)35-5-2)26-25-27(37-31(26)21-9-7-6-8-10-21)29(33)30(28(25)32)20-12-14-22(34-3)15-13-20/h6-16,18,25-27H,4-5,17H2,1-3H3/t25-,26+,27+/m0/s1. The van der Waals surface area contributed by atoms with Gasteiger partial charge in [-0.1, -0.05) is 31.2 Å². The lowest BCUT2D eigenvalue weighted by Gasteiger charge is -2.29. The molecule has 0 N–H and O–H groups in total. The van der Waals surface area contributed by atoms with Gasteiger partial charge in [0, 0.05) is 0 Å². The van der Waals surface area contributed by atoms with Crippen LogP contribution in [0.25, 0.3) is 0 Å². The van der Waals surface area contributed by atoms with Crippen LogP contribution in [0.15, 0.2) is 72.8 Å². The average Bonchev–Trinajstić information content (AvgIpc) is 3.44. The monoisotopic (exact) mass is 502 g/mol. The zero-order chi connectivity index (χ0) is 25.9. The number of ether oxygens (including phenoxy) is 3. The normalized spacial score (nSPS) is 20.8. The second-order valence-corrected chi connectivity index (χ2v) is 8.86. The first kappa shape index (κ1) is 24.6. The summed E-state index contributed by atoms with van der Waals surface area (Å²) in [7, 11) is 1.57. The molecule has 0 saturated carbocycles. The molecule has 0 aliphatic carbocycles. The molecule has 0 aromatic heterocycles. The van der Waals surface area contributed by atoms with Crippen LogP contribution in [-0.2, 0) is 14.4 Å². The van der Waals surface area contributed by atoms with E-state index in [0.29, 0.717) is 36.1 Å². The van der Waals surface area contributed by atoms with E-state index < -0.39 is 24.0 Å². The van der Waals surface area contributed by atoms with Crippen LogP contribution >= 0.6 is 0 Å². The fourth-order valence-corrected chi connectivity index (χ4v) is 4.85. The second kappa shape index (κ2) is 10.5. The summed E-state index contributed by atoms with van der Waals surface area (Å²) >= 11 is 0. The van der Waals surface area contributed by atoms with E-state index in [2.05, 4.69) is 0 Å². The van der Waals surface area contributed by atoms with Gasteiger partial charge in [0.15, 0.2) is 17.6 Å². The van der Waals surface area contributed by atoms with Gasteiger partial charge in [0.1, 0.15) is 11.7 Å². The summed E-state index contributed by atoms with van der Waals surface area (Å²) < 4.78 is 17.0. The lowest BCUT2D eigenvalue weighted by atomic mass is 9.90. The van der Waals surface area contributed by atoms with Crippen molar-refractivity contribution in [1.29, 1.82) is 0 Å². The number of imide groups is 1. The fourth-order valence-electron chi connectivity index (χ4n) is 4.85. The molecule has 2 aliphatic rings. The van der Waals surface area contributed by atoms with Crippen LogP contribution in [0.2, 0.25) is 0 Å². The molecule has 0 bridgehead atoms. The van der Waals surface area contributed by atoms with Crippen molar-refractivity contribution in [3.8, 4) is 17.2 Å². The number of hydrogen-bond donors (Lipinski definition) is 0. The van der Waals surface area contributed by atoms with Crippen LogP contribution in [0, 0.1) is 5.92 Å². The quantitative estimate of drug-likeness (QED) is 0.384. The maximum absolute atomic E-state index is 13.8. The smallest absolute Gasteiger partial charge is 0.266 e. The van der Waals surface area contributed by atoms with Crippen LogP contribution in [0.3, 0.4) is 0 Å². The van der Waals surface area contributed by atoms with E-state index in [0.717, 1.165) is 17.7 Å². The highest BCUT2D eigenvalue weighted by atomic mass is 16.7. The van der Waals surface area contributed by atoms with E-state index in [-0.39, 0.29) is 5.91 Å². The molecule has 2 saturated heterocycles. The Labute approximate surface area is 216 Å². The topological polar surface area (TPSA) is 77.5 Å².